The lowest BCUT2D eigenvalue weighted by atomic mass is 9.99. The van der Waals surface area contributed by atoms with Gasteiger partial charge in [0.2, 0.25) is 0 Å². The van der Waals surface area contributed by atoms with Crippen LogP contribution in [-0.4, -0.2) is 6.54 Å². The summed E-state index contributed by atoms with van der Waals surface area (Å²) in [5, 5.41) is 3.08. The molecule has 1 aromatic rings. The predicted molar refractivity (Wildman–Crippen MR) is 64.7 cm³/mol. The highest BCUT2D eigenvalue weighted by molar-refractivity contribution is 5.24. The van der Waals surface area contributed by atoms with Crippen LogP contribution in [0, 0.1) is 23.4 Å². The maximum absolute atomic E-state index is 13.7. The van der Waals surface area contributed by atoms with E-state index in [9.17, 15) is 13.2 Å². The Morgan fingerprint density at radius 3 is 2.33 bits per heavy atom. The third-order valence-electron chi connectivity index (χ3n) is 3.40. The Bertz CT molecular complexity index is 392. The van der Waals surface area contributed by atoms with E-state index in [0.717, 1.165) is 18.6 Å². The molecule has 1 saturated carbocycles. The molecule has 0 bridgehead atoms. The maximum Gasteiger partial charge on any atom is 0.133 e. The summed E-state index contributed by atoms with van der Waals surface area (Å²) in [6.07, 6.45) is 4.09. The van der Waals surface area contributed by atoms with Gasteiger partial charge >= 0.3 is 0 Å². The monoisotopic (exact) mass is 257 g/mol. The van der Waals surface area contributed by atoms with E-state index in [1.807, 2.05) is 6.92 Å². The van der Waals surface area contributed by atoms with Crippen molar-refractivity contribution in [2.75, 3.05) is 6.54 Å². The van der Waals surface area contributed by atoms with E-state index < -0.39 is 17.5 Å². The van der Waals surface area contributed by atoms with Crippen LogP contribution in [0.4, 0.5) is 13.2 Å². The molecule has 0 heterocycles. The van der Waals surface area contributed by atoms with Crippen LogP contribution in [0.5, 0.6) is 0 Å². The van der Waals surface area contributed by atoms with Crippen molar-refractivity contribution in [1.29, 1.82) is 0 Å². The molecule has 1 nitrogen and oxygen atoms in total. The molecule has 100 valence electrons. The first-order valence-electron chi connectivity index (χ1n) is 6.49. The standard InChI is InChI=1S/C14H18F3N/c1-2-18-13(6-5-9-3-4-9)14-11(16)7-10(15)8-12(14)17/h7-9,13,18H,2-6H2,1H3. The van der Waals surface area contributed by atoms with Crippen LogP contribution in [0.3, 0.4) is 0 Å². The maximum atomic E-state index is 13.7. The minimum atomic E-state index is -0.869. The largest absolute Gasteiger partial charge is 0.310 e. The summed E-state index contributed by atoms with van der Waals surface area (Å²) in [7, 11) is 0. The van der Waals surface area contributed by atoms with E-state index >= 15 is 0 Å². The average molecular weight is 257 g/mol. The molecule has 1 aliphatic carbocycles. The lowest BCUT2D eigenvalue weighted by molar-refractivity contribution is 0.430. The second-order valence-corrected chi connectivity index (χ2v) is 4.91. The van der Waals surface area contributed by atoms with Crippen LogP contribution in [0.2, 0.25) is 0 Å². The average Bonchev–Trinajstić information content (AvgIpc) is 3.08. The van der Waals surface area contributed by atoms with Crippen LogP contribution in [0.1, 0.15) is 44.2 Å². The van der Waals surface area contributed by atoms with Gasteiger partial charge in [-0.25, -0.2) is 13.2 Å². The minimum absolute atomic E-state index is 0.0288. The van der Waals surface area contributed by atoms with Crippen molar-refractivity contribution in [2.24, 2.45) is 5.92 Å². The lowest BCUT2D eigenvalue weighted by Crippen LogP contribution is -2.23. The lowest BCUT2D eigenvalue weighted by Gasteiger charge is -2.19. The summed E-state index contributed by atoms with van der Waals surface area (Å²) < 4.78 is 40.3. The second kappa shape index (κ2) is 5.74. The van der Waals surface area contributed by atoms with E-state index in [1.165, 1.54) is 12.8 Å². The van der Waals surface area contributed by atoms with Gasteiger partial charge in [-0.3, -0.25) is 0 Å². The number of rotatable bonds is 6. The van der Waals surface area contributed by atoms with Gasteiger partial charge in [-0.1, -0.05) is 19.8 Å². The molecule has 18 heavy (non-hydrogen) atoms. The van der Waals surface area contributed by atoms with Crippen molar-refractivity contribution in [1.82, 2.24) is 5.32 Å². The van der Waals surface area contributed by atoms with E-state index in [0.29, 0.717) is 18.9 Å². The van der Waals surface area contributed by atoms with Crippen LogP contribution in [0.25, 0.3) is 0 Å². The van der Waals surface area contributed by atoms with E-state index in [1.54, 1.807) is 0 Å². The first kappa shape index (κ1) is 13.4. The van der Waals surface area contributed by atoms with Crippen molar-refractivity contribution in [3.63, 3.8) is 0 Å². The summed E-state index contributed by atoms with van der Waals surface area (Å²) in [5.41, 5.74) is -0.0288. The topological polar surface area (TPSA) is 12.0 Å². The first-order valence-corrected chi connectivity index (χ1v) is 6.49. The van der Waals surface area contributed by atoms with Crippen molar-refractivity contribution >= 4 is 0 Å². The van der Waals surface area contributed by atoms with E-state index in [-0.39, 0.29) is 11.6 Å². The molecule has 1 aliphatic rings. The number of halogens is 3. The normalized spacial score (nSPS) is 16.9. The zero-order chi connectivity index (χ0) is 13.1. The predicted octanol–water partition coefficient (Wildman–Crippen LogP) is 3.94. The third kappa shape index (κ3) is 3.25. The number of benzene rings is 1. The Morgan fingerprint density at radius 2 is 1.83 bits per heavy atom. The highest BCUT2D eigenvalue weighted by Crippen LogP contribution is 2.36. The molecular weight excluding hydrogens is 239 g/mol. The van der Waals surface area contributed by atoms with Gasteiger partial charge in [0.05, 0.1) is 0 Å². The third-order valence-corrected chi connectivity index (χ3v) is 3.40. The van der Waals surface area contributed by atoms with Crippen molar-refractivity contribution in [3.05, 3.63) is 35.1 Å². The van der Waals surface area contributed by atoms with Crippen LogP contribution in [0.15, 0.2) is 12.1 Å². The Labute approximate surface area is 105 Å². The van der Waals surface area contributed by atoms with E-state index in [2.05, 4.69) is 5.32 Å². The van der Waals surface area contributed by atoms with Crippen molar-refractivity contribution in [3.8, 4) is 0 Å². The molecule has 1 atom stereocenters. The van der Waals surface area contributed by atoms with Gasteiger partial charge in [-0.15, -0.1) is 0 Å². The molecule has 0 spiro atoms. The molecule has 1 fully saturated rings. The summed E-state index contributed by atoms with van der Waals surface area (Å²) in [6.45, 7) is 2.52. The molecule has 4 heteroatoms. The Morgan fingerprint density at radius 1 is 1.22 bits per heavy atom. The summed E-state index contributed by atoms with van der Waals surface area (Å²) >= 11 is 0. The molecule has 0 amide bonds. The smallest absolute Gasteiger partial charge is 0.133 e. The van der Waals surface area contributed by atoms with Gasteiger partial charge in [0.15, 0.2) is 0 Å². The molecular formula is C14H18F3N. The molecule has 1 N–H and O–H groups in total. The van der Waals surface area contributed by atoms with Gasteiger partial charge in [0, 0.05) is 23.7 Å². The highest BCUT2D eigenvalue weighted by atomic mass is 19.1. The van der Waals surface area contributed by atoms with Gasteiger partial charge in [0.1, 0.15) is 17.5 Å². The van der Waals surface area contributed by atoms with Crippen LogP contribution < -0.4 is 5.32 Å². The number of nitrogens with one attached hydrogen (secondary N) is 1. The minimum Gasteiger partial charge on any atom is -0.310 e. The van der Waals surface area contributed by atoms with Gasteiger partial charge in [0.25, 0.3) is 0 Å². The highest BCUT2D eigenvalue weighted by Gasteiger charge is 2.25. The quantitative estimate of drug-likeness (QED) is 0.813. The van der Waals surface area contributed by atoms with Gasteiger partial charge in [-0.05, 0) is 25.3 Å². The molecule has 0 saturated heterocycles. The van der Waals surface area contributed by atoms with Gasteiger partial charge < -0.3 is 5.32 Å². The Balaban J connectivity index is 2.17. The van der Waals surface area contributed by atoms with Crippen LogP contribution in [-0.2, 0) is 0 Å². The van der Waals surface area contributed by atoms with E-state index in [4.69, 9.17) is 0 Å². The fourth-order valence-electron chi connectivity index (χ4n) is 2.29. The first-order chi connectivity index (χ1) is 8.61. The zero-order valence-electron chi connectivity index (χ0n) is 10.5. The molecule has 0 aliphatic heterocycles. The fourth-order valence-corrected chi connectivity index (χ4v) is 2.29. The second-order valence-electron chi connectivity index (χ2n) is 4.91. The fraction of sp³-hybridized carbons (Fsp3) is 0.571. The Hall–Kier alpha value is -1.03. The SMILES string of the molecule is CCNC(CCC1CC1)c1c(F)cc(F)cc1F. The summed E-state index contributed by atoms with van der Waals surface area (Å²) in [5.74, 6) is -1.76. The molecule has 0 aromatic heterocycles. The molecule has 1 aromatic carbocycles. The van der Waals surface area contributed by atoms with Crippen molar-refractivity contribution < 1.29 is 13.2 Å². The number of hydrogen-bond acceptors (Lipinski definition) is 1. The summed E-state index contributed by atoms with van der Waals surface area (Å²) in [4.78, 5) is 0. The van der Waals surface area contributed by atoms with Crippen LogP contribution >= 0.6 is 0 Å². The van der Waals surface area contributed by atoms with Gasteiger partial charge in [-0.2, -0.15) is 0 Å². The number of hydrogen-bond donors (Lipinski definition) is 1. The zero-order valence-corrected chi connectivity index (χ0v) is 10.5. The Kier molecular flexibility index (Phi) is 4.27. The molecule has 1 unspecified atom stereocenters. The van der Waals surface area contributed by atoms with Crippen molar-refractivity contribution in [2.45, 2.75) is 38.6 Å². The molecule has 2 rings (SSSR count). The molecule has 0 radical (unpaired) electrons. The summed E-state index contributed by atoms with van der Waals surface area (Å²) in [6, 6.07) is 1.14.